The highest BCUT2D eigenvalue weighted by molar-refractivity contribution is 6.01. The number of carbonyl (C=O) groups excluding carboxylic acids is 1. The normalized spacial score (nSPS) is 10.9. The number of halogens is 1. The van der Waals surface area contributed by atoms with E-state index in [0.29, 0.717) is 35.4 Å². The lowest BCUT2D eigenvalue weighted by molar-refractivity contribution is -0.114. The average molecular weight is 418 g/mol. The van der Waals surface area contributed by atoms with Gasteiger partial charge in [0, 0.05) is 17.8 Å². The third-order valence-corrected chi connectivity index (χ3v) is 4.82. The molecule has 0 spiro atoms. The Hall–Kier alpha value is -4.27. The van der Waals surface area contributed by atoms with Crippen LogP contribution in [0.5, 0.6) is 5.75 Å². The summed E-state index contributed by atoms with van der Waals surface area (Å²) in [6, 6.07) is 13.1. The minimum absolute atomic E-state index is 0.206. The van der Waals surface area contributed by atoms with Crippen LogP contribution in [0.1, 0.15) is 0 Å². The van der Waals surface area contributed by atoms with Crippen LogP contribution in [0, 0.1) is 5.82 Å². The number of rotatable bonds is 6. The van der Waals surface area contributed by atoms with Gasteiger partial charge in [0.1, 0.15) is 17.8 Å². The third kappa shape index (κ3) is 3.80. The van der Waals surface area contributed by atoms with Gasteiger partial charge in [0.05, 0.1) is 11.9 Å². The first-order valence-corrected chi connectivity index (χ1v) is 9.44. The number of anilines is 2. The Balaban J connectivity index is 1.74. The van der Waals surface area contributed by atoms with Crippen LogP contribution in [0.15, 0.2) is 67.5 Å². The van der Waals surface area contributed by atoms with Gasteiger partial charge < -0.3 is 15.7 Å². The molecule has 0 bridgehead atoms. The van der Waals surface area contributed by atoms with E-state index in [0.717, 1.165) is 11.8 Å². The number of benzene rings is 2. The maximum absolute atomic E-state index is 13.5. The molecule has 0 aliphatic rings. The smallest absolute Gasteiger partial charge is 0.250 e. The maximum atomic E-state index is 13.5. The minimum atomic E-state index is -0.738. The van der Waals surface area contributed by atoms with Crippen LogP contribution in [-0.4, -0.2) is 37.3 Å². The second-order valence-corrected chi connectivity index (χ2v) is 6.73. The molecular formula is C22H19FN6O2. The molecule has 8 nitrogen and oxygen atoms in total. The molecule has 0 radical (unpaired) electrons. The van der Waals surface area contributed by atoms with Crippen molar-refractivity contribution in [3.63, 3.8) is 0 Å². The van der Waals surface area contributed by atoms with Crippen molar-refractivity contribution in [1.29, 1.82) is 0 Å². The van der Waals surface area contributed by atoms with Crippen LogP contribution in [0.25, 0.3) is 22.3 Å². The van der Waals surface area contributed by atoms with Crippen molar-refractivity contribution in [3.05, 3.63) is 73.3 Å². The Bertz CT molecular complexity index is 1270. The summed E-state index contributed by atoms with van der Waals surface area (Å²) in [6.45, 7) is 4.17. The second-order valence-electron chi connectivity index (χ2n) is 6.73. The van der Waals surface area contributed by atoms with Gasteiger partial charge in [0.25, 0.3) is 0 Å². The van der Waals surface area contributed by atoms with E-state index in [1.54, 1.807) is 9.58 Å². The Morgan fingerprint density at radius 3 is 2.71 bits per heavy atom. The number of hydrogen-bond donors (Lipinski definition) is 2. The molecule has 9 heteroatoms. The number of fused-ring (bicyclic) bond motifs is 1. The van der Waals surface area contributed by atoms with Gasteiger partial charge in [0.2, 0.25) is 5.91 Å². The van der Waals surface area contributed by atoms with E-state index in [1.807, 2.05) is 30.3 Å². The molecule has 0 unspecified atom stereocenters. The summed E-state index contributed by atoms with van der Waals surface area (Å²) in [6.07, 6.45) is 2.58. The Labute approximate surface area is 177 Å². The average Bonchev–Trinajstić information content (AvgIpc) is 3.16. The Kier molecular flexibility index (Phi) is 5.31. The quantitative estimate of drug-likeness (QED) is 0.466. The number of phenolic OH excluding ortho intramolecular Hbond substituents is 1. The van der Waals surface area contributed by atoms with Crippen molar-refractivity contribution in [3.8, 4) is 17.0 Å². The number of nitrogen functional groups attached to an aromatic ring is 1. The number of nitrogens with zero attached hydrogens (tertiary/aromatic N) is 5. The predicted molar refractivity (Wildman–Crippen MR) is 116 cm³/mol. The van der Waals surface area contributed by atoms with E-state index >= 15 is 0 Å². The van der Waals surface area contributed by atoms with Gasteiger partial charge in [-0.1, -0.05) is 24.8 Å². The first-order chi connectivity index (χ1) is 15.0. The fraction of sp³-hybridized carbons (Fsp3) is 0.0909. The van der Waals surface area contributed by atoms with Gasteiger partial charge in [-0.3, -0.25) is 4.79 Å². The topological polar surface area (TPSA) is 110 Å². The fourth-order valence-corrected chi connectivity index (χ4v) is 3.33. The molecule has 0 aliphatic carbocycles. The predicted octanol–water partition coefficient (Wildman–Crippen LogP) is 3.14. The van der Waals surface area contributed by atoms with E-state index in [9.17, 15) is 14.3 Å². The van der Waals surface area contributed by atoms with Crippen molar-refractivity contribution >= 4 is 28.4 Å². The molecular weight excluding hydrogens is 399 g/mol. The van der Waals surface area contributed by atoms with Gasteiger partial charge in [-0.2, -0.15) is 5.10 Å². The molecule has 0 aliphatic heterocycles. The zero-order valence-electron chi connectivity index (χ0n) is 16.4. The first-order valence-electron chi connectivity index (χ1n) is 9.44. The van der Waals surface area contributed by atoms with Crippen LogP contribution >= 0.6 is 0 Å². The standard InChI is InChI=1S/C22H19FN6O2/c1-2-18(31)28(15-6-4-3-5-7-15)10-11-29-22-19(21(24)25-13-26-22)20(27-29)14-8-9-16(23)17(30)12-14/h2-9,12-13,30H,1,10-11H2,(H2,24,25,26). The number of aromatic hydroxyl groups is 1. The summed E-state index contributed by atoms with van der Waals surface area (Å²) in [5.41, 5.74) is 8.13. The molecule has 4 rings (SSSR count). The molecule has 31 heavy (non-hydrogen) atoms. The first kappa shape index (κ1) is 20.0. The van der Waals surface area contributed by atoms with Gasteiger partial charge >= 0.3 is 0 Å². The maximum Gasteiger partial charge on any atom is 0.250 e. The number of hydrogen-bond acceptors (Lipinski definition) is 6. The van der Waals surface area contributed by atoms with Crippen LogP contribution in [0.2, 0.25) is 0 Å². The van der Waals surface area contributed by atoms with Crippen molar-refractivity contribution in [2.24, 2.45) is 0 Å². The summed E-state index contributed by atoms with van der Waals surface area (Å²) in [5, 5.41) is 14.8. The van der Waals surface area contributed by atoms with Crippen LogP contribution in [0.4, 0.5) is 15.9 Å². The second kappa shape index (κ2) is 8.23. The molecule has 1 amide bonds. The molecule has 4 aromatic rings. The van der Waals surface area contributed by atoms with Crippen LogP contribution in [0.3, 0.4) is 0 Å². The number of para-hydroxylation sites is 1. The lowest BCUT2D eigenvalue weighted by Gasteiger charge is -2.21. The van der Waals surface area contributed by atoms with Gasteiger partial charge in [-0.05, 0) is 36.4 Å². The number of amides is 1. The van der Waals surface area contributed by atoms with E-state index in [-0.39, 0.29) is 11.7 Å². The summed E-state index contributed by atoms with van der Waals surface area (Å²) in [7, 11) is 0. The molecule has 0 atom stereocenters. The highest BCUT2D eigenvalue weighted by Crippen LogP contribution is 2.32. The lowest BCUT2D eigenvalue weighted by atomic mass is 10.1. The van der Waals surface area contributed by atoms with E-state index in [1.165, 1.54) is 24.5 Å². The number of carbonyl (C=O) groups is 1. The van der Waals surface area contributed by atoms with Gasteiger partial charge in [0.15, 0.2) is 17.2 Å². The van der Waals surface area contributed by atoms with Crippen LogP contribution in [-0.2, 0) is 11.3 Å². The molecule has 156 valence electrons. The van der Waals surface area contributed by atoms with Gasteiger partial charge in [-0.15, -0.1) is 0 Å². The summed E-state index contributed by atoms with van der Waals surface area (Å²) in [5.74, 6) is -1.28. The molecule has 2 heterocycles. The highest BCUT2D eigenvalue weighted by atomic mass is 19.1. The Morgan fingerprint density at radius 2 is 2.00 bits per heavy atom. The SMILES string of the molecule is C=CC(=O)N(CCn1nc(-c2ccc(F)c(O)c2)c2c(N)ncnc21)c1ccccc1. The molecule has 0 fully saturated rings. The monoisotopic (exact) mass is 418 g/mol. The molecule has 0 saturated heterocycles. The molecule has 2 aromatic heterocycles. The summed E-state index contributed by atoms with van der Waals surface area (Å²) in [4.78, 5) is 22.3. The Morgan fingerprint density at radius 1 is 1.23 bits per heavy atom. The van der Waals surface area contributed by atoms with E-state index in [4.69, 9.17) is 5.73 Å². The molecule has 0 saturated carbocycles. The highest BCUT2D eigenvalue weighted by Gasteiger charge is 2.20. The number of aromatic nitrogens is 4. The number of phenols is 1. The van der Waals surface area contributed by atoms with E-state index in [2.05, 4.69) is 21.6 Å². The van der Waals surface area contributed by atoms with Crippen LogP contribution < -0.4 is 10.6 Å². The largest absolute Gasteiger partial charge is 0.505 e. The lowest BCUT2D eigenvalue weighted by Crippen LogP contribution is -2.32. The molecule has 3 N–H and O–H groups in total. The molecule has 2 aromatic carbocycles. The number of nitrogens with two attached hydrogens (primary N) is 1. The fourth-order valence-electron chi connectivity index (χ4n) is 3.33. The summed E-state index contributed by atoms with van der Waals surface area (Å²) >= 11 is 0. The zero-order chi connectivity index (χ0) is 22.0. The van der Waals surface area contributed by atoms with E-state index < -0.39 is 11.6 Å². The van der Waals surface area contributed by atoms with Gasteiger partial charge in [-0.25, -0.2) is 19.0 Å². The van der Waals surface area contributed by atoms with Crippen molar-refractivity contribution < 1.29 is 14.3 Å². The third-order valence-electron chi connectivity index (χ3n) is 4.82. The summed E-state index contributed by atoms with van der Waals surface area (Å²) < 4.78 is 15.1. The van der Waals surface area contributed by atoms with Crippen molar-refractivity contribution in [2.75, 3.05) is 17.2 Å². The zero-order valence-corrected chi connectivity index (χ0v) is 16.4. The minimum Gasteiger partial charge on any atom is -0.505 e. The van der Waals surface area contributed by atoms with Crippen molar-refractivity contribution in [2.45, 2.75) is 6.54 Å². The van der Waals surface area contributed by atoms with Crippen molar-refractivity contribution in [1.82, 2.24) is 19.7 Å².